The fourth-order valence-electron chi connectivity index (χ4n) is 3.41. The Morgan fingerprint density at radius 2 is 1.92 bits per heavy atom. The van der Waals surface area contributed by atoms with E-state index in [1.165, 1.54) is 37.9 Å². The van der Waals surface area contributed by atoms with Crippen molar-refractivity contribution in [3.8, 4) is 0 Å². The van der Waals surface area contributed by atoms with Crippen LogP contribution in [0.1, 0.15) is 19.3 Å². The van der Waals surface area contributed by atoms with E-state index in [9.17, 15) is 13.2 Å². The summed E-state index contributed by atoms with van der Waals surface area (Å²) in [5.74, 6) is 0.798. The maximum absolute atomic E-state index is 12.3. The minimum atomic E-state index is -4.14. The van der Waals surface area contributed by atoms with Gasteiger partial charge < -0.3 is 10.2 Å². The van der Waals surface area contributed by atoms with Crippen molar-refractivity contribution in [2.24, 2.45) is 4.99 Å². The molecule has 0 bridgehead atoms. The van der Waals surface area contributed by atoms with Crippen molar-refractivity contribution in [1.29, 1.82) is 0 Å². The monoisotopic (exact) mass is 463 g/mol. The van der Waals surface area contributed by atoms with Gasteiger partial charge >= 0.3 is 6.18 Å². The molecule has 24 heavy (non-hydrogen) atoms. The third-order valence-corrected chi connectivity index (χ3v) is 4.56. The number of hydrogen-bond acceptors (Lipinski definition) is 3. The summed E-state index contributed by atoms with van der Waals surface area (Å²) in [6.45, 7) is 4.21. The van der Waals surface area contributed by atoms with Gasteiger partial charge in [0.25, 0.3) is 0 Å². The molecule has 0 amide bonds. The zero-order chi connectivity index (χ0) is 16.9. The molecule has 0 radical (unpaired) electrons. The number of aliphatic imine (C=N–C) groups is 1. The van der Waals surface area contributed by atoms with Crippen LogP contribution in [0.25, 0.3) is 0 Å². The highest BCUT2D eigenvalue weighted by Gasteiger charge is 2.31. The molecule has 0 aromatic heterocycles. The molecule has 142 valence electrons. The zero-order valence-electron chi connectivity index (χ0n) is 14.5. The molecule has 2 rings (SSSR count). The van der Waals surface area contributed by atoms with Gasteiger partial charge in [0.1, 0.15) is 0 Å². The van der Waals surface area contributed by atoms with Gasteiger partial charge in [-0.3, -0.25) is 14.8 Å². The number of nitrogens with zero attached hydrogens (tertiary/aromatic N) is 4. The van der Waals surface area contributed by atoms with Gasteiger partial charge in [-0.05, 0) is 39.4 Å². The molecular weight excluding hydrogens is 434 g/mol. The van der Waals surface area contributed by atoms with Crippen LogP contribution in [0, 0.1) is 0 Å². The Morgan fingerprint density at radius 3 is 2.50 bits per heavy atom. The van der Waals surface area contributed by atoms with Gasteiger partial charge in [-0.25, -0.2) is 0 Å². The summed E-state index contributed by atoms with van der Waals surface area (Å²) in [6, 6.07) is 0.587. The molecule has 2 aliphatic heterocycles. The average molecular weight is 463 g/mol. The molecular formula is C15H29F3IN5. The maximum Gasteiger partial charge on any atom is 0.401 e. The van der Waals surface area contributed by atoms with Crippen LogP contribution in [-0.2, 0) is 0 Å². The number of halogens is 4. The quantitative estimate of drug-likeness (QED) is 0.384. The summed E-state index contributed by atoms with van der Waals surface area (Å²) in [6.07, 6.45) is -0.437. The molecule has 0 aromatic rings. The van der Waals surface area contributed by atoms with E-state index in [1.807, 2.05) is 0 Å². The lowest BCUT2D eigenvalue weighted by Crippen LogP contribution is -2.45. The second kappa shape index (κ2) is 10.0. The summed E-state index contributed by atoms with van der Waals surface area (Å²) in [7, 11) is 3.21. The lowest BCUT2D eigenvalue weighted by Gasteiger charge is -2.26. The van der Waals surface area contributed by atoms with Crippen molar-refractivity contribution in [3.05, 3.63) is 0 Å². The van der Waals surface area contributed by atoms with Crippen LogP contribution in [0.4, 0.5) is 13.2 Å². The second-order valence-corrected chi connectivity index (χ2v) is 6.46. The van der Waals surface area contributed by atoms with Gasteiger partial charge in [0.15, 0.2) is 5.96 Å². The van der Waals surface area contributed by atoms with Gasteiger partial charge in [0.05, 0.1) is 6.54 Å². The van der Waals surface area contributed by atoms with Crippen LogP contribution in [-0.4, -0.2) is 92.8 Å². The van der Waals surface area contributed by atoms with Crippen molar-refractivity contribution in [1.82, 2.24) is 20.0 Å². The predicted octanol–water partition coefficient (Wildman–Crippen LogP) is 1.84. The largest absolute Gasteiger partial charge is 0.401 e. The van der Waals surface area contributed by atoms with E-state index in [1.54, 1.807) is 7.05 Å². The standard InChI is InChI=1S/C15H28F3N5.HI/c1-19-14(20-6-10-21(2)12-15(16,17)18)23-9-5-13(11-23)22-7-3-4-8-22;/h13H,3-12H2,1-2H3,(H,19,20);1H. The van der Waals surface area contributed by atoms with Gasteiger partial charge in [-0.2, -0.15) is 13.2 Å². The summed E-state index contributed by atoms with van der Waals surface area (Å²) in [4.78, 5) is 10.3. The lowest BCUT2D eigenvalue weighted by atomic mass is 10.2. The van der Waals surface area contributed by atoms with Gasteiger partial charge in [-0.1, -0.05) is 0 Å². The summed E-state index contributed by atoms with van der Waals surface area (Å²) >= 11 is 0. The Balaban J connectivity index is 0.00000288. The minimum Gasteiger partial charge on any atom is -0.355 e. The fourth-order valence-corrected chi connectivity index (χ4v) is 3.41. The van der Waals surface area contributed by atoms with E-state index in [0.717, 1.165) is 25.5 Å². The van der Waals surface area contributed by atoms with E-state index >= 15 is 0 Å². The first-order valence-electron chi connectivity index (χ1n) is 8.34. The topological polar surface area (TPSA) is 34.1 Å². The van der Waals surface area contributed by atoms with Crippen molar-refractivity contribution < 1.29 is 13.2 Å². The number of rotatable bonds is 5. The number of hydrogen-bond donors (Lipinski definition) is 1. The normalized spacial score (nSPS) is 23.0. The molecule has 2 fully saturated rings. The molecule has 2 heterocycles. The molecule has 1 unspecified atom stereocenters. The summed E-state index contributed by atoms with van der Waals surface area (Å²) < 4.78 is 36.9. The van der Waals surface area contributed by atoms with Crippen LogP contribution in [0.15, 0.2) is 4.99 Å². The fraction of sp³-hybridized carbons (Fsp3) is 0.933. The minimum absolute atomic E-state index is 0. The van der Waals surface area contributed by atoms with Crippen LogP contribution in [0.2, 0.25) is 0 Å². The molecule has 0 spiro atoms. The van der Waals surface area contributed by atoms with Gasteiger partial charge in [0.2, 0.25) is 0 Å². The zero-order valence-corrected chi connectivity index (χ0v) is 16.8. The van der Waals surface area contributed by atoms with Crippen molar-refractivity contribution in [2.75, 3.05) is 59.9 Å². The first-order valence-corrected chi connectivity index (χ1v) is 8.34. The third-order valence-electron chi connectivity index (χ3n) is 4.56. The average Bonchev–Trinajstić information content (AvgIpc) is 3.11. The SMILES string of the molecule is CN=C(NCCN(C)CC(F)(F)F)N1CCC(N2CCCC2)C1.I. The molecule has 0 aromatic carbocycles. The van der Waals surface area contributed by atoms with Crippen molar-refractivity contribution in [2.45, 2.75) is 31.5 Å². The van der Waals surface area contributed by atoms with E-state index in [-0.39, 0.29) is 24.0 Å². The number of alkyl halides is 3. The molecule has 0 aliphatic carbocycles. The number of likely N-dealkylation sites (tertiary alicyclic amines) is 2. The van der Waals surface area contributed by atoms with E-state index in [2.05, 4.69) is 20.1 Å². The second-order valence-electron chi connectivity index (χ2n) is 6.46. The summed E-state index contributed by atoms with van der Waals surface area (Å²) in [5.41, 5.74) is 0. The van der Waals surface area contributed by atoms with E-state index in [0.29, 0.717) is 19.1 Å². The Kier molecular flexibility index (Phi) is 9.07. The van der Waals surface area contributed by atoms with Crippen LogP contribution in [0.5, 0.6) is 0 Å². The van der Waals surface area contributed by atoms with Crippen LogP contribution in [0.3, 0.4) is 0 Å². The first kappa shape index (κ1) is 21.8. The Bertz CT molecular complexity index is 399. The third kappa shape index (κ3) is 6.91. The van der Waals surface area contributed by atoms with Crippen molar-refractivity contribution in [3.63, 3.8) is 0 Å². The molecule has 2 aliphatic rings. The molecule has 0 saturated carbocycles. The summed E-state index contributed by atoms with van der Waals surface area (Å²) in [5, 5.41) is 3.19. The van der Waals surface area contributed by atoms with Crippen molar-refractivity contribution >= 4 is 29.9 Å². The highest BCUT2D eigenvalue weighted by molar-refractivity contribution is 14.0. The first-order chi connectivity index (χ1) is 10.9. The Morgan fingerprint density at radius 1 is 1.25 bits per heavy atom. The molecule has 1 N–H and O–H groups in total. The highest BCUT2D eigenvalue weighted by atomic mass is 127. The predicted molar refractivity (Wildman–Crippen MR) is 101 cm³/mol. The molecule has 1 atom stereocenters. The van der Waals surface area contributed by atoms with Gasteiger partial charge in [0, 0.05) is 39.3 Å². The lowest BCUT2D eigenvalue weighted by molar-refractivity contribution is -0.142. The smallest absolute Gasteiger partial charge is 0.355 e. The Labute approximate surface area is 159 Å². The van der Waals surface area contributed by atoms with Gasteiger partial charge in [-0.15, -0.1) is 24.0 Å². The maximum atomic E-state index is 12.3. The molecule has 2 saturated heterocycles. The number of guanidine groups is 1. The number of nitrogens with one attached hydrogen (secondary N) is 1. The van der Waals surface area contributed by atoms with E-state index in [4.69, 9.17) is 0 Å². The molecule has 5 nitrogen and oxygen atoms in total. The Hall–Kier alpha value is -0.290. The van der Waals surface area contributed by atoms with E-state index < -0.39 is 12.7 Å². The van der Waals surface area contributed by atoms with Crippen LogP contribution >= 0.6 is 24.0 Å². The number of likely N-dealkylation sites (N-methyl/N-ethyl adjacent to an activating group) is 1. The molecule has 9 heteroatoms. The highest BCUT2D eigenvalue weighted by Crippen LogP contribution is 2.20. The van der Waals surface area contributed by atoms with Crippen LogP contribution < -0.4 is 5.32 Å².